The number of para-hydroxylation sites is 2. The smallest absolute Gasteiger partial charge is 0.258 e. The maximum absolute atomic E-state index is 10.8. The van der Waals surface area contributed by atoms with Gasteiger partial charge in [-0.2, -0.15) is 0 Å². The second kappa shape index (κ2) is 8.97. The van der Waals surface area contributed by atoms with E-state index in [0.717, 1.165) is 22.2 Å². The van der Waals surface area contributed by atoms with Crippen LogP contribution in [0.15, 0.2) is 72.8 Å². The van der Waals surface area contributed by atoms with Crippen LogP contribution in [0, 0.1) is 20.2 Å². The molecule has 156 valence electrons. The predicted octanol–water partition coefficient (Wildman–Crippen LogP) is 5.79. The number of fused-ring (bicyclic) bond motifs is 1. The van der Waals surface area contributed by atoms with Gasteiger partial charge >= 0.3 is 0 Å². The Morgan fingerprint density at radius 2 is 0.938 bits per heavy atom. The highest BCUT2D eigenvalue weighted by atomic mass is 16.6. The van der Waals surface area contributed by atoms with Crippen LogP contribution in [0.5, 0.6) is 0 Å². The van der Waals surface area contributed by atoms with Crippen molar-refractivity contribution in [1.29, 1.82) is 0 Å². The Bertz CT molecular complexity index is 1260. The first kappa shape index (κ1) is 20.5. The van der Waals surface area contributed by atoms with Crippen LogP contribution >= 0.6 is 0 Å². The lowest BCUT2D eigenvalue weighted by Gasteiger charge is -2.04. The van der Waals surface area contributed by atoms with Gasteiger partial charge < -0.3 is 0 Å². The van der Waals surface area contributed by atoms with E-state index < -0.39 is 9.85 Å². The zero-order valence-corrected chi connectivity index (χ0v) is 16.7. The van der Waals surface area contributed by atoms with E-state index in [0.29, 0.717) is 11.4 Å². The van der Waals surface area contributed by atoms with Crippen LogP contribution in [0.2, 0.25) is 0 Å². The average Bonchev–Trinajstić information content (AvgIpc) is 2.81. The summed E-state index contributed by atoms with van der Waals surface area (Å²) >= 11 is 0. The summed E-state index contributed by atoms with van der Waals surface area (Å²) in [4.78, 5) is 30.2. The van der Waals surface area contributed by atoms with Gasteiger partial charge in [0.15, 0.2) is 0 Å². The largest absolute Gasteiger partial charge is 0.269 e. The maximum Gasteiger partial charge on any atom is 0.269 e. The van der Waals surface area contributed by atoms with Crippen molar-refractivity contribution in [1.82, 2.24) is 9.97 Å². The minimum absolute atomic E-state index is 0.0272. The fraction of sp³-hybridized carbons (Fsp3) is 0. The monoisotopic (exact) mass is 424 g/mol. The molecule has 3 aromatic carbocycles. The van der Waals surface area contributed by atoms with Crippen molar-refractivity contribution >= 4 is 46.7 Å². The number of hydrogen-bond acceptors (Lipinski definition) is 6. The number of hydrogen-bond donors (Lipinski definition) is 0. The third-order valence-corrected chi connectivity index (χ3v) is 4.70. The number of benzene rings is 3. The highest BCUT2D eigenvalue weighted by Crippen LogP contribution is 2.20. The topological polar surface area (TPSA) is 112 Å². The van der Waals surface area contributed by atoms with Gasteiger partial charge in [-0.15, -0.1) is 0 Å². The molecule has 8 heteroatoms. The van der Waals surface area contributed by atoms with Crippen LogP contribution in [0.4, 0.5) is 11.4 Å². The molecule has 1 heterocycles. The zero-order chi connectivity index (χ0) is 22.5. The SMILES string of the molecule is O=[N+]([O-])c1ccc(/C=C/c2nc3ccccc3nc2/C=C/c2ccc([N+](=O)[O-])cc2)cc1. The van der Waals surface area contributed by atoms with E-state index in [9.17, 15) is 20.2 Å². The van der Waals surface area contributed by atoms with E-state index in [4.69, 9.17) is 0 Å². The summed E-state index contributed by atoms with van der Waals surface area (Å²) in [5.41, 5.74) is 4.36. The lowest BCUT2D eigenvalue weighted by atomic mass is 10.1. The molecule has 0 spiro atoms. The molecule has 4 aromatic rings. The van der Waals surface area contributed by atoms with Crippen molar-refractivity contribution < 1.29 is 9.85 Å². The van der Waals surface area contributed by atoms with Gasteiger partial charge in [-0.3, -0.25) is 20.2 Å². The summed E-state index contributed by atoms with van der Waals surface area (Å²) in [6, 6.07) is 19.9. The van der Waals surface area contributed by atoms with Crippen molar-refractivity contribution in [3.05, 3.63) is 116 Å². The minimum atomic E-state index is -0.441. The van der Waals surface area contributed by atoms with Crippen molar-refractivity contribution in [3.8, 4) is 0 Å². The number of nitrogens with zero attached hydrogens (tertiary/aromatic N) is 4. The van der Waals surface area contributed by atoms with E-state index in [1.54, 1.807) is 36.4 Å². The minimum Gasteiger partial charge on any atom is -0.258 e. The number of non-ortho nitro benzene ring substituents is 2. The second-order valence-corrected chi connectivity index (χ2v) is 6.85. The third-order valence-electron chi connectivity index (χ3n) is 4.70. The summed E-state index contributed by atoms with van der Waals surface area (Å²) in [6.07, 6.45) is 7.23. The van der Waals surface area contributed by atoms with Crippen LogP contribution in [0.3, 0.4) is 0 Å². The number of rotatable bonds is 6. The van der Waals surface area contributed by atoms with Crippen LogP contribution in [0.1, 0.15) is 22.5 Å². The van der Waals surface area contributed by atoms with Gasteiger partial charge in [-0.1, -0.05) is 24.3 Å². The standard InChI is InChI=1S/C24H16N4O4/c29-27(30)19-11-5-17(6-12-19)9-15-23-24(26-22-4-2-1-3-21(22)25-23)16-10-18-7-13-20(14-8-18)28(31)32/h1-16H/b15-9+,16-10+. The molecule has 1 aromatic heterocycles. The first-order chi connectivity index (χ1) is 15.5. The Hall–Kier alpha value is -4.72. The first-order valence-corrected chi connectivity index (χ1v) is 9.61. The Morgan fingerprint density at radius 3 is 1.28 bits per heavy atom. The van der Waals surface area contributed by atoms with Gasteiger partial charge in [-0.25, -0.2) is 9.97 Å². The molecule has 0 aliphatic rings. The molecule has 0 bridgehead atoms. The first-order valence-electron chi connectivity index (χ1n) is 9.61. The van der Waals surface area contributed by atoms with E-state index >= 15 is 0 Å². The molecule has 0 saturated heterocycles. The molecule has 0 atom stereocenters. The Kier molecular flexibility index (Phi) is 5.76. The molecule has 0 amide bonds. The molecular formula is C24H16N4O4. The molecule has 0 aliphatic heterocycles. The lowest BCUT2D eigenvalue weighted by Crippen LogP contribution is -1.94. The van der Waals surface area contributed by atoms with Gasteiger partial charge in [0, 0.05) is 24.3 Å². The van der Waals surface area contributed by atoms with Crippen molar-refractivity contribution in [2.24, 2.45) is 0 Å². The fourth-order valence-corrected chi connectivity index (χ4v) is 3.04. The van der Waals surface area contributed by atoms with Gasteiger partial charge in [-0.05, 0) is 59.7 Å². The van der Waals surface area contributed by atoms with E-state index in [1.807, 2.05) is 36.4 Å². The number of aromatic nitrogens is 2. The van der Waals surface area contributed by atoms with E-state index in [2.05, 4.69) is 9.97 Å². The third kappa shape index (κ3) is 4.71. The molecular weight excluding hydrogens is 408 g/mol. The van der Waals surface area contributed by atoms with Crippen LogP contribution < -0.4 is 0 Å². The summed E-state index contributed by atoms with van der Waals surface area (Å²) in [7, 11) is 0. The Balaban J connectivity index is 1.68. The molecule has 4 rings (SSSR count). The van der Waals surface area contributed by atoms with Gasteiger partial charge in [0.05, 0.1) is 32.3 Å². The van der Waals surface area contributed by atoms with Crippen molar-refractivity contribution in [2.45, 2.75) is 0 Å². The molecule has 32 heavy (non-hydrogen) atoms. The number of nitro benzene ring substituents is 2. The Morgan fingerprint density at radius 1 is 0.562 bits per heavy atom. The average molecular weight is 424 g/mol. The van der Waals surface area contributed by atoms with Crippen molar-refractivity contribution in [3.63, 3.8) is 0 Å². The molecule has 0 aliphatic carbocycles. The number of nitro groups is 2. The molecule has 0 fully saturated rings. The predicted molar refractivity (Wildman–Crippen MR) is 124 cm³/mol. The fourth-order valence-electron chi connectivity index (χ4n) is 3.04. The van der Waals surface area contributed by atoms with Crippen LogP contribution in [0.25, 0.3) is 35.3 Å². The van der Waals surface area contributed by atoms with Crippen LogP contribution in [-0.4, -0.2) is 19.8 Å². The normalized spacial score (nSPS) is 11.4. The lowest BCUT2D eigenvalue weighted by molar-refractivity contribution is -0.385. The molecule has 8 nitrogen and oxygen atoms in total. The quantitative estimate of drug-likeness (QED) is 0.286. The summed E-state index contributed by atoms with van der Waals surface area (Å²) in [6.45, 7) is 0. The highest BCUT2D eigenvalue weighted by molar-refractivity contribution is 5.82. The highest BCUT2D eigenvalue weighted by Gasteiger charge is 2.06. The van der Waals surface area contributed by atoms with Gasteiger partial charge in [0.1, 0.15) is 0 Å². The zero-order valence-electron chi connectivity index (χ0n) is 16.7. The molecule has 0 N–H and O–H groups in total. The summed E-state index contributed by atoms with van der Waals surface area (Å²) < 4.78 is 0. The molecule has 0 radical (unpaired) electrons. The van der Waals surface area contributed by atoms with Gasteiger partial charge in [0.25, 0.3) is 11.4 Å². The van der Waals surface area contributed by atoms with Gasteiger partial charge in [0.2, 0.25) is 0 Å². The van der Waals surface area contributed by atoms with E-state index in [1.165, 1.54) is 24.3 Å². The Labute approximate surface area is 182 Å². The maximum atomic E-state index is 10.8. The van der Waals surface area contributed by atoms with E-state index in [-0.39, 0.29) is 11.4 Å². The van der Waals surface area contributed by atoms with Crippen molar-refractivity contribution in [2.75, 3.05) is 0 Å². The summed E-state index contributed by atoms with van der Waals surface area (Å²) in [5.74, 6) is 0. The molecule has 0 saturated carbocycles. The van der Waals surface area contributed by atoms with Crippen LogP contribution in [-0.2, 0) is 0 Å². The molecule has 0 unspecified atom stereocenters. The second-order valence-electron chi connectivity index (χ2n) is 6.85. The summed E-state index contributed by atoms with van der Waals surface area (Å²) in [5, 5.41) is 21.7.